The topological polar surface area (TPSA) is 91.8 Å². The standard InChI is InChI=1S/C10H8N4O2/c1-6(3-11)14-9-7(5-13-14)2-8(4-12-9)10(15)16/h2,4-6H,1H3,(H,15,16). The van der Waals surface area contributed by atoms with Crippen LogP contribution in [0, 0.1) is 11.3 Å². The predicted molar refractivity (Wildman–Crippen MR) is 54.8 cm³/mol. The second-order valence-corrected chi connectivity index (χ2v) is 3.34. The van der Waals surface area contributed by atoms with Crippen LogP contribution in [0.25, 0.3) is 11.0 Å². The first-order valence-corrected chi connectivity index (χ1v) is 4.59. The highest BCUT2D eigenvalue weighted by Crippen LogP contribution is 2.16. The molecule has 2 rings (SSSR count). The van der Waals surface area contributed by atoms with Crippen LogP contribution >= 0.6 is 0 Å². The number of hydrogen-bond acceptors (Lipinski definition) is 4. The van der Waals surface area contributed by atoms with E-state index in [0.29, 0.717) is 11.0 Å². The lowest BCUT2D eigenvalue weighted by atomic mass is 10.2. The molecular formula is C10H8N4O2. The van der Waals surface area contributed by atoms with Crippen molar-refractivity contribution < 1.29 is 9.90 Å². The number of carbonyl (C=O) groups is 1. The molecule has 2 aromatic heterocycles. The number of aromatic nitrogens is 3. The summed E-state index contributed by atoms with van der Waals surface area (Å²) < 4.78 is 1.46. The molecule has 16 heavy (non-hydrogen) atoms. The van der Waals surface area contributed by atoms with Crippen molar-refractivity contribution >= 4 is 17.0 Å². The average Bonchev–Trinajstić information content (AvgIpc) is 2.70. The van der Waals surface area contributed by atoms with Gasteiger partial charge in [-0.15, -0.1) is 0 Å². The molecule has 1 unspecified atom stereocenters. The van der Waals surface area contributed by atoms with E-state index in [1.807, 2.05) is 6.07 Å². The van der Waals surface area contributed by atoms with Gasteiger partial charge in [-0.2, -0.15) is 10.4 Å². The van der Waals surface area contributed by atoms with Gasteiger partial charge in [-0.25, -0.2) is 14.5 Å². The molecule has 0 radical (unpaired) electrons. The Morgan fingerprint density at radius 1 is 1.62 bits per heavy atom. The van der Waals surface area contributed by atoms with Gasteiger partial charge in [0.05, 0.1) is 17.8 Å². The monoisotopic (exact) mass is 216 g/mol. The van der Waals surface area contributed by atoms with Crippen molar-refractivity contribution in [2.75, 3.05) is 0 Å². The average molecular weight is 216 g/mol. The maximum Gasteiger partial charge on any atom is 0.337 e. The second-order valence-electron chi connectivity index (χ2n) is 3.34. The molecular weight excluding hydrogens is 208 g/mol. The molecule has 80 valence electrons. The first-order valence-electron chi connectivity index (χ1n) is 4.59. The number of pyridine rings is 1. The fourth-order valence-corrected chi connectivity index (χ4v) is 1.40. The number of carboxylic acids is 1. The molecule has 0 aliphatic heterocycles. The van der Waals surface area contributed by atoms with Crippen LogP contribution in [0.15, 0.2) is 18.5 Å². The Morgan fingerprint density at radius 2 is 2.38 bits per heavy atom. The number of fused-ring (bicyclic) bond motifs is 1. The quantitative estimate of drug-likeness (QED) is 0.814. The number of nitrogens with zero attached hydrogens (tertiary/aromatic N) is 4. The summed E-state index contributed by atoms with van der Waals surface area (Å²) in [5, 5.41) is 22.2. The van der Waals surface area contributed by atoms with Crippen molar-refractivity contribution in [1.29, 1.82) is 5.26 Å². The summed E-state index contributed by atoms with van der Waals surface area (Å²) in [5.41, 5.74) is 0.621. The van der Waals surface area contributed by atoms with Crippen LogP contribution in [0.4, 0.5) is 0 Å². The third-order valence-electron chi connectivity index (χ3n) is 2.23. The van der Waals surface area contributed by atoms with Gasteiger partial charge in [0.15, 0.2) is 5.65 Å². The molecule has 6 nitrogen and oxygen atoms in total. The molecule has 0 aliphatic carbocycles. The van der Waals surface area contributed by atoms with E-state index in [1.165, 1.54) is 23.1 Å². The minimum atomic E-state index is -1.03. The van der Waals surface area contributed by atoms with Crippen LogP contribution in [-0.4, -0.2) is 25.8 Å². The first kappa shape index (κ1) is 10.1. The Morgan fingerprint density at radius 3 is 3.00 bits per heavy atom. The molecule has 0 amide bonds. The van der Waals surface area contributed by atoms with Crippen LogP contribution < -0.4 is 0 Å². The third kappa shape index (κ3) is 1.48. The van der Waals surface area contributed by atoms with Gasteiger partial charge in [0, 0.05) is 11.6 Å². The maximum absolute atomic E-state index is 10.7. The minimum Gasteiger partial charge on any atom is -0.478 e. The summed E-state index contributed by atoms with van der Waals surface area (Å²) in [6, 6.07) is 3.10. The molecule has 1 N–H and O–H groups in total. The van der Waals surface area contributed by atoms with Gasteiger partial charge in [-0.3, -0.25) is 0 Å². The summed E-state index contributed by atoms with van der Waals surface area (Å²) >= 11 is 0. The lowest BCUT2D eigenvalue weighted by Crippen LogP contribution is -2.05. The molecule has 0 saturated carbocycles. The molecule has 0 fully saturated rings. The van der Waals surface area contributed by atoms with Gasteiger partial charge in [0.25, 0.3) is 0 Å². The van der Waals surface area contributed by atoms with Gasteiger partial charge >= 0.3 is 5.97 Å². The zero-order valence-corrected chi connectivity index (χ0v) is 8.45. The Labute approximate surface area is 90.7 Å². The predicted octanol–water partition coefficient (Wildman–Crippen LogP) is 1.21. The van der Waals surface area contributed by atoms with Crippen molar-refractivity contribution in [3.8, 4) is 6.07 Å². The van der Waals surface area contributed by atoms with Crippen LogP contribution in [0.3, 0.4) is 0 Å². The van der Waals surface area contributed by atoms with E-state index >= 15 is 0 Å². The zero-order chi connectivity index (χ0) is 11.7. The van der Waals surface area contributed by atoms with E-state index in [1.54, 1.807) is 6.92 Å². The summed E-state index contributed by atoms with van der Waals surface area (Å²) in [4.78, 5) is 14.7. The van der Waals surface area contributed by atoms with E-state index in [-0.39, 0.29) is 5.56 Å². The number of aromatic carboxylic acids is 1. The van der Waals surface area contributed by atoms with E-state index in [0.717, 1.165) is 0 Å². The second kappa shape index (κ2) is 3.62. The molecule has 6 heteroatoms. The van der Waals surface area contributed by atoms with Gasteiger partial charge in [-0.1, -0.05) is 0 Å². The Bertz CT molecular complexity index is 596. The highest BCUT2D eigenvalue weighted by molar-refractivity contribution is 5.91. The van der Waals surface area contributed by atoms with Crippen LogP contribution in [0.2, 0.25) is 0 Å². The van der Waals surface area contributed by atoms with E-state index in [9.17, 15) is 4.79 Å². The summed E-state index contributed by atoms with van der Waals surface area (Å²) in [6.07, 6.45) is 2.76. The minimum absolute atomic E-state index is 0.108. The van der Waals surface area contributed by atoms with Gasteiger partial charge in [-0.05, 0) is 13.0 Å². The SMILES string of the molecule is CC(C#N)n1ncc2cc(C(=O)O)cnc21. The summed E-state index contributed by atoms with van der Waals surface area (Å²) in [5.74, 6) is -1.03. The fraction of sp³-hybridized carbons (Fsp3) is 0.200. The first-order chi connectivity index (χ1) is 7.63. The molecule has 0 aliphatic rings. The molecule has 2 aromatic rings. The molecule has 1 atom stereocenters. The molecule has 2 heterocycles. The fourth-order valence-electron chi connectivity index (χ4n) is 1.40. The van der Waals surface area contributed by atoms with Gasteiger partial charge < -0.3 is 5.11 Å². The Hall–Kier alpha value is -2.42. The molecule has 0 bridgehead atoms. The van der Waals surface area contributed by atoms with Crippen LogP contribution in [-0.2, 0) is 0 Å². The third-order valence-corrected chi connectivity index (χ3v) is 2.23. The van der Waals surface area contributed by atoms with E-state index in [4.69, 9.17) is 10.4 Å². The van der Waals surface area contributed by atoms with E-state index < -0.39 is 12.0 Å². The van der Waals surface area contributed by atoms with Crippen molar-refractivity contribution in [1.82, 2.24) is 14.8 Å². The number of hydrogen-bond donors (Lipinski definition) is 1. The summed E-state index contributed by atoms with van der Waals surface area (Å²) in [7, 11) is 0. The Balaban J connectivity index is 2.60. The van der Waals surface area contributed by atoms with Crippen molar-refractivity contribution in [3.63, 3.8) is 0 Å². The van der Waals surface area contributed by atoms with Crippen molar-refractivity contribution in [2.45, 2.75) is 13.0 Å². The lowest BCUT2D eigenvalue weighted by molar-refractivity contribution is 0.0696. The largest absolute Gasteiger partial charge is 0.478 e. The Kier molecular flexibility index (Phi) is 2.29. The number of rotatable bonds is 2. The van der Waals surface area contributed by atoms with E-state index in [2.05, 4.69) is 10.1 Å². The number of carboxylic acid groups (broad SMARTS) is 1. The maximum atomic E-state index is 10.7. The smallest absolute Gasteiger partial charge is 0.337 e. The van der Waals surface area contributed by atoms with Gasteiger partial charge in [0.1, 0.15) is 6.04 Å². The molecule has 0 saturated heterocycles. The zero-order valence-electron chi connectivity index (χ0n) is 8.45. The van der Waals surface area contributed by atoms with Crippen LogP contribution in [0.5, 0.6) is 0 Å². The van der Waals surface area contributed by atoms with Crippen molar-refractivity contribution in [2.24, 2.45) is 0 Å². The highest BCUT2D eigenvalue weighted by atomic mass is 16.4. The summed E-state index contributed by atoms with van der Waals surface area (Å²) in [6.45, 7) is 1.69. The van der Waals surface area contributed by atoms with Crippen molar-refractivity contribution in [3.05, 3.63) is 24.0 Å². The number of nitriles is 1. The van der Waals surface area contributed by atoms with Gasteiger partial charge in [0.2, 0.25) is 0 Å². The highest BCUT2D eigenvalue weighted by Gasteiger charge is 2.12. The molecule has 0 spiro atoms. The lowest BCUT2D eigenvalue weighted by Gasteiger charge is -2.03. The molecule has 0 aromatic carbocycles. The van der Waals surface area contributed by atoms with Crippen LogP contribution in [0.1, 0.15) is 23.3 Å². The normalized spacial score (nSPS) is 12.2.